The average Bonchev–Trinajstić information content (AvgIpc) is 3.00. The zero-order valence-electron chi connectivity index (χ0n) is 16.9. The number of aryl methyl sites for hydroxylation is 2. The summed E-state index contributed by atoms with van der Waals surface area (Å²) < 4.78 is 0. The Morgan fingerprint density at radius 3 is 1.17 bits per heavy atom. The van der Waals surface area contributed by atoms with Gasteiger partial charge in [0.2, 0.25) is 0 Å². The third kappa shape index (κ3) is 1.61. The fourth-order valence-electron chi connectivity index (χ4n) is 6.29. The highest BCUT2D eigenvalue weighted by Gasteiger charge is 2.51. The largest absolute Gasteiger partial charge is 0.0620 e. The molecule has 24 heavy (non-hydrogen) atoms. The van der Waals surface area contributed by atoms with Crippen molar-refractivity contribution in [2.75, 3.05) is 0 Å². The van der Waals surface area contributed by atoms with Crippen LogP contribution in [-0.4, -0.2) is 0 Å². The van der Waals surface area contributed by atoms with Crippen LogP contribution < -0.4 is 0 Å². The molecule has 1 saturated carbocycles. The summed E-state index contributed by atoms with van der Waals surface area (Å²) in [5, 5.41) is 3.23. The first-order valence-electron chi connectivity index (χ1n) is 9.73. The predicted octanol–water partition coefficient (Wildman–Crippen LogP) is 6.79. The zero-order valence-corrected chi connectivity index (χ0v) is 16.9. The van der Waals surface area contributed by atoms with Crippen LogP contribution in [0, 0.1) is 59.3 Å². The lowest BCUT2D eigenvalue weighted by atomic mass is 9.80. The van der Waals surface area contributed by atoms with Gasteiger partial charge in [-0.1, -0.05) is 20.8 Å². The molecule has 1 fully saturated rings. The van der Waals surface area contributed by atoms with Gasteiger partial charge in [0, 0.05) is 0 Å². The van der Waals surface area contributed by atoms with Crippen molar-refractivity contribution in [2.24, 2.45) is 17.8 Å². The van der Waals surface area contributed by atoms with E-state index in [1.54, 1.807) is 33.0 Å². The van der Waals surface area contributed by atoms with Crippen molar-refractivity contribution in [3.8, 4) is 0 Å². The van der Waals surface area contributed by atoms with Gasteiger partial charge in [0.05, 0.1) is 0 Å². The van der Waals surface area contributed by atoms with E-state index in [4.69, 9.17) is 0 Å². The minimum absolute atomic E-state index is 0.728. The van der Waals surface area contributed by atoms with E-state index < -0.39 is 0 Å². The second-order valence-corrected chi connectivity index (χ2v) is 8.96. The second kappa shape index (κ2) is 4.87. The molecule has 0 nitrogen and oxygen atoms in total. The maximum absolute atomic E-state index is 2.51. The number of hydrogen-bond acceptors (Lipinski definition) is 0. The Morgan fingerprint density at radius 2 is 0.792 bits per heavy atom. The Bertz CT molecular complexity index is 815. The molecule has 2 aliphatic carbocycles. The Kier molecular flexibility index (Phi) is 3.28. The van der Waals surface area contributed by atoms with E-state index in [-0.39, 0.29) is 0 Å². The summed E-state index contributed by atoms with van der Waals surface area (Å²) in [4.78, 5) is 0. The van der Waals surface area contributed by atoms with Crippen LogP contribution in [0.25, 0.3) is 10.8 Å². The van der Waals surface area contributed by atoms with Gasteiger partial charge in [0.1, 0.15) is 0 Å². The molecule has 0 spiro atoms. The van der Waals surface area contributed by atoms with Crippen LogP contribution >= 0.6 is 0 Å². The third-order valence-electron chi connectivity index (χ3n) is 8.44. The van der Waals surface area contributed by atoms with Crippen LogP contribution in [0.1, 0.15) is 77.1 Å². The van der Waals surface area contributed by atoms with Crippen molar-refractivity contribution in [2.45, 2.75) is 74.1 Å². The van der Waals surface area contributed by atoms with Gasteiger partial charge in [-0.15, -0.1) is 0 Å². The molecule has 2 aliphatic rings. The van der Waals surface area contributed by atoms with Crippen molar-refractivity contribution in [1.29, 1.82) is 0 Å². The molecule has 0 heteroatoms. The molecular formula is C24H32. The van der Waals surface area contributed by atoms with Gasteiger partial charge in [0.25, 0.3) is 0 Å². The average molecular weight is 321 g/mol. The highest BCUT2D eigenvalue weighted by molar-refractivity contribution is 6.00. The minimum Gasteiger partial charge on any atom is -0.0620 e. The van der Waals surface area contributed by atoms with E-state index in [0.717, 1.165) is 29.6 Å². The number of rotatable bonds is 0. The van der Waals surface area contributed by atoms with E-state index in [1.807, 2.05) is 0 Å². The lowest BCUT2D eigenvalue weighted by Gasteiger charge is -2.24. The molecule has 0 aliphatic heterocycles. The minimum atomic E-state index is 0.728. The maximum Gasteiger partial charge on any atom is -0.00528 e. The van der Waals surface area contributed by atoms with Crippen molar-refractivity contribution >= 4 is 10.8 Å². The van der Waals surface area contributed by atoms with E-state index in [0.29, 0.717) is 0 Å². The van der Waals surface area contributed by atoms with Gasteiger partial charge in [-0.3, -0.25) is 0 Å². The molecular weight excluding hydrogens is 288 g/mol. The summed E-state index contributed by atoms with van der Waals surface area (Å²) in [5.41, 5.74) is 12.6. The van der Waals surface area contributed by atoms with Crippen molar-refractivity contribution in [3.05, 3.63) is 44.5 Å². The summed E-state index contributed by atoms with van der Waals surface area (Å²) in [7, 11) is 0. The van der Waals surface area contributed by atoms with Crippen molar-refractivity contribution < 1.29 is 0 Å². The van der Waals surface area contributed by atoms with Crippen LogP contribution in [0.5, 0.6) is 0 Å². The third-order valence-corrected chi connectivity index (χ3v) is 8.44. The first kappa shape index (κ1) is 16.2. The first-order valence-corrected chi connectivity index (χ1v) is 9.73. The second-order valence-electron chi connectivity index (χ2n) is 8.96. The van der Waals surface area contributed by atoms with E-state index in [1.165, 1.54) is 22.3 Å². The highest BCUT2D eigenvalue weighted by atomic mass is 14.5. The van der Waals surface area contributed by atoms with Crippen LogP contribution in [0.15, 0.2) is 0 Å². The van der Waals surface area contributed by atoms with Gasteiger partial charge < -0.3 is 0 Å². The molecule has 0 N–H and O–H groups in total. The molecule has 4 atom stereocenters. The predicted molar refractivity (Wildman–Crippen MR) is 105 cm³/mol. The summed E-state index contributed by atoms with van der Waals surface area (Å²) in [5.74, 6) is 3.83. The summed E-state index contributed by atoms with van der Waals surface area (Å²) >= 11 is 0. The number of benzene rings is 2. The molecule has 2 aromatic carbocycles. The SMILES string of the molecule is Cc1c(C)c2c3c(c(C)c(C)c(C)c3c1C)C1C(C)C(C)C(C)C21. The highest BCUT2D eigenvalue weighted by Crippen LogP contribution is 2.64. The summed E-state index contributed by atoms with van der Waals surface area (Å²) in [6.45, 7) is 21.6. The smallest absolute Gasteiger partial charge is 0.00528 e. The molecule has 0 heterocycles. The van der Waals surface area contributed by atoms with Crippen LogP contribution in [-0.2, 0) is 0 Å². The molecule has 4 unspecified atom stereocenters. The molecule has 0 bridgehead atoms. The summed E-state index contributed by atoms with van der Waals surface area (Å²) in [6.07, 6.45) is 0. The van der Waals surface area contributed by atoms with Crippen molar-refractivity contribution in [3.63, 3.8) is 0 Å². The maximum atomic E-state index is 2.51. The van der Waals surface area contributed by atoms with E-state index in [9.17, 15) is 0 Å². The Morgan fingerprint density at radius 1 is 0.417 bits per heavy atom. The Hall–Kier alpha value is -1.30. The molecule has 0 saturated heterocycles. The monoisotopic (exact) mass is 320 g/mol. The van der Waals surface area contributed by atoms with E-state index >= 15 is 0 Å². The van der Waals surface area contributed by atoms with Crippen LogP contribution in [0.4, 0.5) is 0 Å². The first-order chi connectivity index (χ1) is 11.2. The van der Waals surface area contributed by atoms with Crippen LogP contribution in [0.3, 0.4) is 0 Å². The molecule has 2 aromatic rings. The van der Waals surface area contributed by atoms with Crippen molar-refractivity contribution in [1.82, 2.24) is 0 Å². The molecule has 0 aromatic heterocycles. The number of hydrogen-bond donors (Lipinski definition) is 0. The van der Waals surface area contributed by atoms with Gasteiger partial charge >= 0.3 is 0 Å². The van der Waals surface area contributed by atoms with Crippen LogP contribution in [0.2, 0.25) is 0 Å². The number of fused-ring (bicyclic) bond motifs is 3. The fraction of sp³-hybridized carbons (Fsp3) is 0.583. The lowest BCUT2D eigenvalue weighted by molar-refractivity contribution is 0.364. The molecule has 4 rings (SSSR count). The fourth-order valence-corrected chi connectivity index (χ4v) is 6.29. The van der Waals surface area contributed by atoms with Gasteiger partial charge in [-0.2, -0.15) is 0 Å². The molecule has 0 amide bonds. The molecule has 0 radical (unpaired) electrons. The Balaban J connectivity index is 2.25. The molecule has 128 valence electrons. The normalized spacial score (nSPS) is 31.1. The van der Waals surface area contributed by atoms with E-state index in [2.05, 4.69) is 62.3 Å². The quantitative estimate of drug-likeness (QED) is 0.501. The Labute approximate surface area is 147 Å². The standard InChI is InChI=1S/C24H32/c1-10-13(4)19-14(5)11(2)18(9)23-21-16(7)12(3)15(6)20(21)22(17(10)8)24(19)23/h12,15-16,20-21H,1-9H3. The zero-order chi connectivity index (χ0) is 17.7. The van der Waals surface area contributed by atoms with Gasteiger partial charge in [-0.05, 0) is 126 Å². The van der Waals surface area contributed by atoms with Gasteiger partial charge in [-0.25, -0.2) is 0 Å². The topological polar surface area (TPSA) is 0 Å². The summed E-state index contributed by atoms with van der Waals surface area (Å²) in [6, 6.07) is 0. The lowest BCUT2D eigenvalue weighted by Crippen LogP contribution is -2.11. The van der Waals surface area contributed by atoms with Gasteiger partial charge in [0.15, 0.2) is 0 Å².